The Morgan fingerprint density at radius 2 is 2.06 bits per heavy atom. The zero-order valence-electron chi connectivity index (χ0n) is 8.87. The van der Waals surface area contributed by atoms with Crippen molar-refractivity contribution in [3.63, 3.8) is 0 Å². The van der Waals surface area contributed by atoms with Gasteiger partial charge in [0.25, 0.3) is 0 Å². The number of rotatable bonds is 3. The first-order chi connectivity index (χ1) is 7.77. The average Bonchev–Trinajstić information content (AvgIpc) is 2.31. The van der Waals surface area contributed by atoms with E-state index in [9.17, 15) is 5.11 Å². The molecule has 1 N–H and O–H groups in total. The van der Waals surface area contributed by atoms with Crippen LogP contribution in [0.4, 0.5) is 0 Å². The highest BCUT2D eigenvalue weighted by Crippen LogP contribution is 2.26. The summed E-state index contributed by atoms with van der Waals surface area (Å²) in [6.07, 6.45) is 4.28. The SMILES string of the molecule is CC(O)c1cccnc1Oc1cccnc1. The highest BCUT2D eigenvalue weighted by atomic mass is 16.5. The second kappa shape index (κ2) is 4.72. The molecule has 0 saturated heterocycles. The lowest BCUT2D eigenvalue weighted by molar-refractivity contribution is 0.194. The number of aliphatic hydroxyl groups is 1. The number of ether oxygens (including phenoxy) is 1. The predicted octanol–water partition coefficient (Wildman–Crippen LogP) is 2.32. The van der Waals surface area contributed by atoms with Crippen molar-refractivity contribution in [3.8, 4) is 11.6 Å². The molecule has 0 amide bonds. The van der Waals surface area contributed by atoms with Gasteiger partial charge in [-0.25, -0.2) is 4.98 Å². The van der Waals surface area contributed by atoms with Crippen LogP contribution in [0.25, 0.3) is 0 Å². The van der Waals surface area contributed by atoms with Crippen LogP contribution < -0.4 is 4.74 Å². The van der Waals surface area contributed by atoms with Crippen molar-refractivity contribution >= 4 is 0 Å². The number of aliphatic hydroxyl groups excluding tert-OH is 1. The van der Waals surface area contributed by atoms with Gasteiger partial charge in [0.1, 0.15) is 5.75 Å². The molecule has 0 radical (unpaired) electrons. The molecule has 2 heterocycles. The average molecular weight is 216 g/mol. The Morgan fingerprint density at radius 1 is 1.25 bits per heavy atom. The number of hydrogen-bond donors (Lipinski definition) is 1. The minimum absolute atomic E-state index is 0.408. The summed E-state index contributed by atoms with van der Waals surface area (Å²) in [4.78, 5) is 8.03. The maximum atomic E-state index is 9.55. The summed E-state index contributed by atoms with van der Waals surface area (Å²) in [5, 5.41) is 9.55. The van der Waals surface area contributed by atoms with Crippen molar-refractivity contribution in [2.24, 2.45) is 0 Å². The van der Waals surface area contributed by atoms with Crippen LogP contribution >= 0.6 is 0 Å². The molecular weight excluding hydrogens is 204 g/mol. The minimum Gasteiger partial charge on any atom is -0.437 e. The van der Waals surface area contributed by atoms with Crippen molar-refractivity contribution < 1.29 is 9.84 Å². The molecule has 0 spiro atoms. The van der Waals surface area contributed by atoms with Gasteiger partial charge in [0.15, 0.2) is 0 Å². The van der Waals surface area contributed by atoms with Crippen molar-refractivity contribution in [1.29, 1.82) is 0 Å². The molecule has 0 aliphatic heterocycles. The normalized spacial score (nSPS) is 12.1. The van der Waals surface area contributed by atoms with E-state index in [1.165, 1.54) is 0 Å². The van der Waals surface area contributed by atoms with Gasteiger partial charge in [0.05, 0.1) is 12.3 Å². The molecule has 2 rings (SSSR count). The van der Waals surface area contributed by atoms with Crippen LogP contribution in [0, 0.1) is 0 Å². The van der Waals surface area contributed by atoms with Gasteiger partial charge in [-0.05, 0) is 31.2 Å². The Balaban J connectivity index is 2.28. The lowest BCUT2D eigenvalue weighted by Crippen LogP contribution is -1.98. The standard InChI is InChI=1S/C12H12N2O2/c1-9(15)11-5-3-7-14-12(11)16-10-4-2-6-13-8-10/h2-9,15H,1H3. The third kappa shape index (κ3) is 2.35. The van der Waals surface area contributed by atoms with E-state index < -0.39 is 6.10 Å². The fourth-order valence-electron chi connectivity index (χ4n) is 1.33. The van der Waals surface area contributed by atoms with Crippen molar-refractivity contribution in [2.75, 3.05) is 0 Å². The molecule has 0 aromatic carbocycles. The van der Waals surface area contributed by atoms with E-state index in [0.717, 1.165) is 0 Å². The first kappa shape index (κ1) is 10.6. The molecule has 0 bridgehead atoms. The Bertz CT molecular complexity index is 458. The molecule has 1 atom stereocenters. The molecule has 16 heavy (non-hydrogen) atoms. The third-order valence-corrected chi connectivity index (χ3v) is 2.10. The Hall–Kier alpha value is -1.94. The van der Waals surface area contributed by atoms with E-state index in [0.29, 0.717) is 17.2 Å². The molecule has 1 unspecified atom stereocenters. The van der Waals surface area contributed by atoms with E-state index in [2.05, 4.69) is 9.97 Å². The highest BCUT2D eigenvalue weighted by molar-refractivity contribution is 5.31. The third-order valence-electron chi connectivity index (χ3n) is 2.10. The summed E-state index contributed by atoms with van der Waals surface area (Å²) in [7, 11) is 0. The van der Waals surface area contributed by atoms with Gasteiger partial charge in [0, 0.05) is 18.0 Å². The van der Waals surface area contributed by atoms with Crippen LogP contribution in [-0.4, -0.2) is 15.1 Å². The van der Waals surface area contributed by atoms with Gasteiger partial charge in [0.2, 0.25) is 5.88 Å². The predicted molar refractivity (Wildman–Crippen MR) is 59.2 cm³/mol. The van der Waals surface area contributed by atoms with E-state index in [1.54, 1.807) is 49.8 Å². The molecule has 82 valence electrons. The fraction of sp³-hybridized carbons (Fsp3) is 0.167. The molecular formula is C12H12N2O2. The monoisotopic (exact) mass is 216 g/mol. The van der Waals surface area contributed by atoms with Crippen LogP contribution in [0.15, 0.2) is 42.9 Å². The summed E-state index contributed by atoms with van der Waals surface area (Å²) in [5.74, 6) is 1.01. The molecule has 0 saturated carbocycles. The van der Waals surface area contributed by atoms with Crippen LogP contribution in [0.3, 0.4) is 0 Å². The Labute approximate surface area is 93.6 Å². The lowest BCUT2D eigenvalue weighted by atomic mass is 10.2. The zero-order chi connectivity index (χ0) is 11.4. The van der Waals surface area contributed by atoms with Crippen molar-refractivity contribution in [1.82, 2.24) is 9.97 Å². The molecule has 4 nitrogen and oxygen atoms in total. The first-order valence-electron chi connectivity index (χ1n) is 4.98. The van der Waals surface area contributed by atoms with Crippen LogP contribution in [0.1, 0.15) is 18.6 Å². The minimum atomic E-state index is -0.611. The maximum Gasteiger partial charge on any atom is 0.225 e. The molecule has 0 aliphatic carbocycles. The molecule has 4 heteroatoms. The summed E-state index contributed by atoms with van der Waals surface area (Å²) in [5.41, 5.74) is 0.659. The van der Waals surface area contributed by atoms with Gasteiger partial charge < -0.3 is 9.84 Å². The molecule has 2 aromatic heterocycles. The number of aromatic nitrogens is 2. The second-order valence-electron chi connectivity index (χ2n) is 3.36. The Morgan fingerprint density at radius 3 is 2.75 bits per heavy atom. The highest BCUT2D eigenvalue weighted by Gasteiger charge is 2.10. The van der Waals surface area contributed by atoms with Crippen LogP contribution in [0.2, 0.25) is 0 Å². The van der Waals surface area contributed by atoms with E-state index in [-0.39, 0.29) is 0 Å². The van der Waals surface area contributed by atoms with E-state index in [4.69, 9.17) is 4.74 Å². The first-order valence-corrected chi connectivity index (χ1v) is 4.98. The summed E-state index contributed by atoms with van der Waals surface area (Å²) < 4.78 is 5.54. The van der Waals surface area contributed by atoms with Gasteiger partial charge in [-0.2, -0.15) is 0 Å². The summed E-state index contributed by atoms with van der Waals surface area (Å²) in [6, 6.07) is 7.11. The van der Waals surface area contributed by atoms with Gasteiger partial charge in [-0.3, -0.25) is 4.98 Å². The van der Waals surface area contributed by atoms with Gasteiger partial charge >= 0.3 is 0 Å². The summed E-state index contributed by atoms with van der Waals surface area (Å²) >= 11 is 0. The van der Waals surface area contributed by atoms with Crippen LogP contribution in [0.5, 0.6) is 11.6 Å². The largest absolute Gasteiger partial charge is 0.437 e. The summed E-state index contributed by atoms with van der Waals surface area (Å²) in [6.45, 7) is 1.67. The number of pyridine rings is 2. The number of hydrogen-bond acceptors (Lipinski definition) is 4. The van der Waals surface area contributed by atoms with Crippen molar-refractivity contribution in [2.45, 2.75) is 13.0 Å². The smallest absolute Gasteiger partial charge is 0.225 e. The maximum absolute atomic E-state index is 9.55. The molecule has 0 fully saturated rings. The lowest BCUT2D eigenvalue weighted by Gasteiger charge is -2.10. The second-order valence-corrected chi connectivity index (χ2v) is 3.36. The Kier molecular flexibility index (Phi) is 3.12. The quantitative estimate of drug-likeness (QED) is 0.855. The van der Waals surface area contributed by atoms with E-state index in [1.807, 2.05) is 0 Å². The number of nitrogens with zero attached hydrogens (tertiary/aromatic N) is 2. The molecule has 0 aliphatic rings. The molecule has 2 aromatic rings. The van der Waals surface area contributed by atoms with E-state index >= 15 is 0 Å². The van der Waals surface area contributed by atoms with Gasteiger partial charge in [-0.15, -0.1) is 0 Å². The van der Waals surface area contributed by atoms with Crippen molar-refractivity contribution in [3.05, 3.63) is 48.4 Å². The fourth-order valence-corrected chi connectivity index (χ4v) is 1.33. The van der Waals surface area contributed by atoms with Gasteiger partial charge in [-0.1, -0.05) is 0 Å². The zero-order valence-corrected chi connectivity index (χ0v) is 8.87. The topological polar surface area (TPSA) is 55.2 Å². The van der Waals surface area contributed by atoms with Crippen LogP contribution in [-0.2, 0) is 0 Å².